The molecular formula is C10H16N2O2. The predicted molar refractivity (Wildman–Crippen MR) is 55.4 cm³/mol. The van der Waals surface area contributed by atoms with Gasteiger partial charge in [0.2, 0.25) is 0 Å². The zero-order valence-electron chi connectivity index (χ0n) is 8.70. The first-order chi connectivity index (χ1) is 6.60. The lowest BCUT2D eigenvalue weighted by Crippen LogP contribution is -2.21. The maximum absolute atomic E-state index is 5.61. The molecule has 1 aromatic carbocycles. The molecule has 0 unspecified atom stereocenters. The van der Waals surface area contributed by atoms with Gasteiger partial charge in [-0.3, -0.25) is 0 Å². The molecule has 0 aliphatic heterocycles. The van der Waals surface area contributed by atoms with Gasteiger partial charge in [0, 0.05) is 5.56 Å². The molecule has 4 heteroatoms. The summed E-state index contributed by atoms with van der Waals surface area (Å²) in [4.78, 5) is 0. The minimum Gasteiger partial charge on any atom is -0.496 e. The Bertz CT molecular complexity index is 324. The molecule has 4 nitrogen and oxygen atoms in total. The van der Waals surface area contributed by atoms with Crippen LogP contribution >= 0.6 is 0 Å². The van der Waals surface area contributed by atoms with E-state index in [-0.39, 0.29) is 0 Å². The van der Waals surface area contributed by atoms with Crippen molar-refractivity contribution >= 4 is 0 Å². The SMILES string of the molecule is COc1cc(C(N)N)c(OC)cc1C. The third-order valence-corrected chi connectivity index (χ3v) is 2.11. The van der Waals surface area contributed by atoms with Crippen LogP contribution in [0.3, 0.4) is 0 Å². The summed E-state index contributed by atoms with van der Waals surface area (Å²) < 4.78 is 10.3. The van der Waals surface area contributed by atoms with Crippen LogP contribution in [0.15, 0.2) is 12.1 Å². The van der Waals surface area contributed by atoms with Crippen LogP contribution in [0.2, 0.25) is 0 Å². The molecule has 0 heterocycles. The lowest BCUT2D eigenvalue weighted by molar-refractivity contribution is 0.393. The molecule has 0 aliphatic rings. The van der Waals surface area contributed by atoms with Crippen LogP contribution < -0.4 is 20.9 Å². The van der Waals surface area contributed by atoms with Crippen LogP contribution in [-0.2, 0) is 0 Å². The van der Waals surface area contributed by atoms with Gasteiger partial charge in [-0.2, -0.15) is 0 Å². The number of hydrogen-bond donors (Lipinski definition) is 2. The number of benzene rings is 1. The van der Waals surface area contributed by atoms with Crippen LogP contribution in [0.5, 0.6) is 11.5 Å². The summed E-state index contributed by atoms with van der Waals surface area (Å²) in [7, 11) is 3.20. The highest BCUT2D eigenvalue weighted by atomic mass is 16.5. The molecule has 1 aromatic rings. The van der Waals surface area contributed by atoms with Crippen LogP contribution in [0, 0.1) is 6.92 Å². The maximum Gasteiger partial charge on any atom is 0.125 e. The van der Waals surface area contributed by atoms with E-state index in [1.54, 1.807) is 20.3 Å². The van der Waals surface area contributed by atoms with Gasteiger partial charge in [0.1, 0.15) is 11.5 Å². The second-order valence-electron chi connectivity index (χ2n) is 3.09. The monoisotopic (exact) mass is 196 g/mol. The van der Waals surface area contributed by atoms with Crippen LogP contribution in [-0.4, -0.2) is 14.2 Å². The minimum atomic E-state index is -0.556. The summed E-state index contributed by atoms with van der Waals surface area (Å²) in [5.41, 5.74) is 13.0. The van der Waals surface area contributed by atoms with E-state index in [9.17, 15) is 0 Å². The van der Waals surface area contributed by atoms with Crippen molar-refractivity contribution in [3.05, 3.63) is 23.3 Å². The van der Waals surface area contributed by atoms with Crippen molar-refractivity contribution in [2.45, 2.75) is 13.1 Å². The predicted octanol–water partition coefficient (Wildman–Crippen LogP) is 0.928. The first-order valence-electron chi connectivity index (χ1n) is 4.33. The van der Waals surface area contributed by atoms with Crippen LogP contribution in [0.4, 0.5) is 0 Å². The van der Waals surface area contributed by atoms with Crippen molar-refractivity contribution in [1.82, 2.24) is 0 Å². The number of aryl methyl sites for hydroxylation is 1. The van der Waals surface area contributed by atoms with Gasteiger partial charge in [0.25, 0.3) is 0 Å². The van der Waals surface area contributed by atoms with Gasteiger partial charge in [-0.25, -0.2) is 0 Å². The van der Waals surface area contributed by atoms with E-state index in [1.807, 2.05) is 13.0 Å². The summed E-state index contributed by atoms with van der Waals surface area (Å²) in [5.74, 6) is 1.46. The highest BCUT2D eigenvalue weighted by Crippen LogP contribution is 2.29. The van der Waals surface area contributed by atoms with Gasteiger partial charge in [0.15, 0.2) is 0 Å². The van der Waals surface area contributed by atoms with E-state index in [4.69, 9.17) is 20.9 Å². The highest BCUT2D eigenvalue weighted by Gasteiger charge is 2.11. The Morgan fingerprint density at radius 3 is 2.07 bits per heavy atom. The van der Waals surface area contributed by atoms with Crippen molar-refractivity contribution in [3.8, 4) is 11.5 Å². The lowest BCUT2D eigenvalue weighted by Gasteiger charge is -2.14. The Morgan fingerprint density at radius 2 is 1.64 bits per heavy atom. The molecule has 0 aliphatic carbocycles. The smallest absolute Gasteiger partial charge is 0.125 e. The van der Waals surface area contributed by atoms with Gasteiger partial charge in [0.05, 0.1) is 20.4 Å². The lowest BCUT2D eigenvalue weighted by atomic mass is 10.1. The Hall–Kier alpha value is -1.26. The summed E-state index contributed by atoms with van der Waals surface area (Å²) in [6.45, 7) is 1.94. The quantitative estimate of drug-likeness (QED) is 0.705. The molecule has 0 bridgehead atoms. The molecule has 0 atom stereocenters. The van der Waals surface area contributed by atoms with Crippen molar-refractivity contribution in [2.75, 3.05) is 14.2 Å². The number of ether oxygens (including phenoxy) is 2. The highest BCUT2D eigenvalue weighted by molar-refractivity contribution is 5.46. The summed E-state index contributed by atoms with van der Waals surface area (Å²) in [6.07, 6.45) is -0.556. The van der Waals surface area contributed by atoms with Crippen LogP contribution in [0.25, 0.3) is 0 Å². The Labute approximate surface area is 83.8 Å². The summed E-state index contributed by atoms with van der Waals surface area (Å²) in [6, 6.07) is 3.67. The fourth-order valence-corrected chi connectivity index (χ4v) is 1.33. The molecule has 0 aromatic heterocycles. The maximum atomic E-state index is 5.61. The Kier molecular flexibility index (Phi) is 3.33. The van der Waals surface area contributed by atoms with Crippen molar-refractivity contribution in [2.24, 2.45) is 11.5 Å². The van der Waals surface area contributed by atoms with E-state index in [2.05, 4.69) is 0 Å². The topological polar surface area (TPSA) is 70.5 Å². The first-order valence-corrected chi connectivity index (χ1v) is 4.33. The largest absolute Gasteiger partial charge is 0.496 e. The fraction of sp³-hybridized carbons (Fsp3) is 0.400. The molecule has 0 amide bonds. The number of rotatable bonds is 3. The van der Waals surface area contributed by atoms with E-state index in [0.29, 0.717) is 5.75 Å². The zero-order chi connectivity index (χ0) is 10.7. The van der Waals surface area contributed by atoms with E-state index >= 15 is 0 Å². The molecule has 0 radical (unpaired) electrons. The molecule has 0 fully saturated rings. The molecule has 4 N–H and O–H groups in total. The average Bonchev–Trinajstić information content (AvgIpc) is 2.16. The van der Waals surface area contributed by atoms with E-state index < -0.39 is 6.17 Å². The zero-order valence-corrected chi connectivity index (χ0v) is 8.70. The normalized spacial score (nSPS) is 10.4. The summed E-state index contributed by atoms with van der Waals surface area (Å²) in [5, 5.41) is 0. The number of nitrogens with two attached hydrogens (primary N) is 2. The molecule has 0 saturated carbocycles. The molecule has 1 rings (SSSR count). The van der Waals surface area contributed by atoms with Gasteiger partial charge in [-0.05, 0) is 24.6 Å². The Morgan fingerprint density at radius 1 is 1.07 bits per heavy atom. The summed E-state index contributed by atoms with van der Waals surface area (Å²) >= 11 is 0. The third-order valence-electron chi connectivity index (χ3n) is 2.11. The minimum absolute atomic E-state index is 0.556. The molecular weight excluding hydrogens is 180 g/mol. The van der Waals surface area contributed by atoms with Gasteiger partial charge >= 0.3 is 0 Å². The van der Waals surface area contributed by atoms with Gasteiger partial charge in [-0.15, -0.1) is 0 Å². The average molecular weight is 196 g/mol. The number of hydrogen-bond acceptors (Lipinski definition) is 4. The van der Waals surface area contributed by atoms with Gasteiger partial charge in [-0.1, -0.05) is 0 Å². The molecule has 78 valence electrons. The fourth-order valence-electron chi connectivity index (χ4n) is 1.33. The van der Waals surface area contributed by atoms with Crippen molar-refractivity contribution < 1.29 is 9.47 Å². The molecule has 0 spiro atoms. The van der Waals surface area contributed by atoms with E-state index in [1.165, 1.54) is 0 Å². The second kappa shape index (κ2) is 4.30. The second-order valence-corrected chi connectivity index (χ2v) is 3.09. The number of methoxy groups -OCH3 is 2. The third kappa shape index (κ3) is 1.97. The van der Waals surface area contributed by atoms with Crippen molar-refractivity contribution in [1.29, 1.82) is 0 Å². The van der Waals surface area contributed by atoms with Gasteiger partial charge < -0.3 is 20.9 Å². The van der Waals surface area contributed by atoms with Crippen molar-refractivity contribution in [3.63, 3.8) is 0 Å². The van der Waals surface area contributed by atoms with Crippen LogP contribution in [0.1, 0.15) is 17.3 Å². The molecule has 14 heavy (non-hydrogen) atoms. The Balaban J connectivity index is 3.25. The first kappa shape index (κ1) is 10.8. The standard InChI is InChI=1S/C10H16N2O2/c1-6-4-9(14-3)7(10(11)12)5-8(6)13-2/h4-5,10H,11-12H2,1-3H3. The molecule has 0 saturated heterocycles. The van der Waals surface area contributed by atoms with E-state index in [0.717, 1.165) is 16.9 Å².